The number of rotatable bonds is 0. The highest BCUT2D eigenvalue weighted by molar-refractivity contribution is 6.14. The van der Waals surface area contributed by atoms with Crippen LogP contribution in [0.5, 0.6) is 0 Å². The first-order valence-electron chi connectivity index (χ1n) is 5.39. The Bertz CT molecular complexity index is 735. The second-order valence-electron chi connectivity index (χ2n) is 4.14. The lowest BCUT2D eigenvalue weighted by Crippen LogP contribution is -1.93. The van der Waals surface area contributed by atoms with E-state index in [1.807, 2.05) is 6.20 Å². The highest BCUT2D eigenvalue weighted by Crippen LogP contribution is 2.34. The zero-order valence-corrected chi connectivity index (χ0v) is 8.62. The maximum absolute atomic E-state index is 3.45. The molecule has 0 radical (unpaired) electrons. The molecule has 2 heterocycles. The van der Waals surface area contributed by atoms with Gasteiger partial charge in [0.05, 0.1) is 0 Å². The molecule has 4 rings (SSSR count). The van der Waals surface area contributed by atoms with Crippen molar-refractivity contribution in [3.8, 4) is 0 Å². The third-order valence-electron chi connectivity index (χ3n) is 3.14. The van der Waals surface area contributed by atoms with E-state index in [1.165, 1.54) is 33.1 Å². The van der Waals surface area contributed by atoms with Crippen LogP contribution in [-0.2, 0) is 0 Å². The Morgan fingerprint density at radius 3 is 2.88 bits per heavy atom. The highest BCUT2D eigenvalue weighted by atomic mass is 14.9. The molecule has 0 atom stereocenters. The van der Waals surface area contributed by atoms with Gasteiger partial charge >= 0.3 is 0 Å². The summed E-state index contributed by atoms with van der Waals surface area (Å²) in [6, 6.07) is 12.8. The van der Waals surface area contributed by atoms with Crippen LogP contribution in [0.25, 0.3) is 27.9 Å². The van der Waals surface area contributed by atoms with Gasteiger partial charge in [-0.1, -0.05) is 18.2 Å². The van der Waals surface area contributed by atoms with Crippen molar-refractivity contribution in [3.05, 3.63) is 48.2 Å². The first-order chi connectivity index (χ1) is 7.92. The number of hydrogen-bond acceptors (Lipinski definition) is 1. The number of aromatic nitrogens is 1. The average molecular weight is 206 g/mol. The molecule has 2 heteroatoms. The summed E-state index contributed by atoms with van der Waals surface area (Å²) in [7, 11) is 0. The minimum atomic E-state index is 1.19. The van der Waals surface area contributed by atoms with E-state index < -0.39 is 0 Å². The van der Waals surface area contributed by atoms with E-state index in [9.17, 15) is 0 Å². The van der Waals surface area contributed by atoms with Gasteiger partial charge in [0, 0.05) is 33.7 Å². The number of fused-ring (bicyclic) bond motifs is 6. The molecular weight excluding hydrogens is 196 g/mol. The van der Waals surface area contributed by atoms with Gasteiger partial charge in [-0.3, -0.25) is 0 Å². The van der Waals surface area contributed by atoms with Gasteiger partial charge < -0.3 is 10.3 Å². The van der Waals surface area contributed by atoms with Crippen molar-refractivity contribution in [1.82, 2.24) is 4.98 Å². The Morgan fingerprint density at radius 1 is 0.938 bits per heavy atom. The van der Waals surface area contributed by atoms with Crippen molar-refractivity contribution in [2.75, 3.05) is 5.32 Å². The molecule has 3 aromatic rings. The minimum absolute atomic E-state index is 1.19. The second kappa shape index (κ2) is 2.67. The third kappa shape index (κ3) is 0.910. The highest BCUT2D eigenvalue weighted by Gasteiger charge is 2.10. The predicted octanol–water partition coefficient (Wildman–Crippen LogP) is 3.72. The van der Waals surface area contributed by atoms with Crippen molar-refractivity contribution in [1.29, 1.82) is 0 Å². The molecule has 0 saturated heterocycles. The van der Waals surface area contributed by atoms with E-state index in [0.717, 1.165) is 0 Å². The van der Waals surface area contributed by atoms with E-state index in [4.69, 9.17) is 0 Å². The zero-order chi connectivity index (χ0) is 10.5. The van der Waals surface area contributed by atoms with Crippen LogP contribution < -0.4 is 5.32 Å². The topological polar surface area (TPSA) is 27.8 Å². The van der Waals surface area contributed by atoms with Gasteiger partial charge in [-0.2, -0.15) is 0 Å². The summed E-state index contributed by atoms with van der Waals surface area (Å²) >= 11 is 0. The molecule has 0 amide bonds. The van der Waals surface area contributed by atoms with Crippen LogP contribution >= 0.6 is 0 Å². The molecule has 2 aromatic carbocycles. The van der Waals surface area contributed by atoms with Gasteiger partial charge in [0.15, 0.2) is 0 Å². The summed E-state index contributed by atoms with van der Waals surface area (Å²) in [5.74, 6) is 0. The fourth-order valence-electron chi connectivity index (χ4n) is 2.45. The van der Waals surface area contributed by atoms with Crippen LogP contribution in [-0.4, -0.2) is 4.98 Å². The maximum atomic E-state index is 3.45. The summed E-state index contributed by atoms with van der Waals surface area (Å²) < 4.78 is 0. The monoisotopic (exact) mass is 206 g/mol. The van der Waals surface area contributed by atoms with Gasteiger partial charge in [-0.15, -0.1) is 0 Å². The molecule has 0 unspecified atom stereocenters. The Labute approximate surface area is 92.6 Å². The van der Waals surface area contributed by atoms with Gasteiger partial charge in [0.25, 0.3) is 0 Å². The van der Waals surface area contributed by atoms with Crippen LogP contribution in [0.3, 0.4) is 0 Å². The van der Waals surface area contributed by atoms with Gasteiger partial charge in [-0.05, 0) is 29.8 Å². The summed E-state index contributed by atoms with van der Waals surface area (Å²) in [5, 5.41) is 5.87. The molecule has 1 aromatic heterocycles. The van der Waals surface area contributed by atoms with E-state index in [-0.39, 0.29) is 0 Å². The number of H-pyrrole nitrogens is 1. The number of hydrogen-bond donors (Lipinski definition) is 2. The van der Waals surface area contributed by atoms with Crippen LogP contribution in [0.15, 0.2) is 42.6 Å². The fourth-order valence-corrected chi connectivity index (χ4v) is 2.45. The van der Waals surface area contributed by atoms with E-state index in [2.05, 4.69) is 52.8 Å². The normalized spacial score (nSPS) is 13.2. The van der Waals surface area contributed by atoms with Gasteiger partial charge in [-0.25, -0.2) is 0 Å². The summed E-state index contributed by atoms with van der Waals surface area (Å²) in [6.07, 6.45) is 4.07. The number of benzene rings is 2. The van der Waals surface area contributed by atoms with Gasteiger partial charge in [0.1, 0.15) is 0 Å². The largest absolute Gasteiger partial charge is 0.361 e. The van der Waals surface area contributed by atoms with Crippen molar-refractivity contribution in [2.45, 2.75) is 0 Å². The Kier molecular flexibility index (Phi) is 1.33. The molecule has 0 saturated carbocycles. The maximum Gasteiger partial charge on any atom is 0.0491 e. The van der Waals surface area contributed by atoms with Crippen molar-refractivity contribution in [3.63, 3.8) is 0 Å². The lowest BCUT2D eigenvalue weighted by Gasteiger charge is -2.10. The summed E-state index contributed by atoms with van der Waals surface area (Å²) in [4.78, 5) is 3.45. The zero-order valence-electron chi connectivity index (χ0n) is 8.62. The van der Waals surface area contributed by atoms with Crippen molar-refractivity contribution in [2.24, 2.45) is 0 Å². The smallest absolute Gasteiger partial charge is 0.0491 e. The molecule has 16 heavy (non-hydrogen) atoms. The van der Waals surface area contributed by atoms with Crippen LogP contribution in [0.4, 0.5) is 5.69 Å². The van der Waals surface area contributed by atoms with E-state index in [1.54, 1.807) is 0 Å². The molecule has 2 bridgehead atoms. The molecule has 2 nitrogen and oxygen atoms in total. The predicted molar refractivity (Wildman–Crippen MR) is 68.5 cm³/mol. The second-order valence-corrected chi connectivity index (χ2v) is 4.14. The summed E-state index contributed by atoms with van der Waals surface area (Å²) in [6.45, 7) is 0. The first kappa shape index (κ1) is 7.99. The average Bonchev–Trinajstić information content (AvgIpc) is 2.67. The molecule has 0 spiro atoms. The minimum Gasteiger partial charge on any atom is -0.361 e. The van der Waals surface area contributed by atoms with Crippen molar-refractivity contribution >= 4 is 33.6 Å². The Morgan fingerprint density at radius 2 is 1.88 bits per heavy atom. The summed E-state index contributed by atoms with van der Waals surface area (Å²) in [5.41, 5.74) is 4.82. The molecule has 1 aliphatic heterocycles. The van der Waals surface area contributed by atoms with Crippen LogP contribution in [0, 0.1) is 0 Å². The molecule has 2 N–H and O–H groups in total. The lowest BCUT2D eigenvalue weighted by molar-refractivity contribution is 1.52. The third-order valence-corrected chi connectivity index (χ3v) is 3.14. The molecule has 0 aliphatic carbocycles. The number of aromatic amines is 1. The SMILES string of the molecule is C1=Cc2cc(c3c(c2)[nH]c2ccccc23)N1. The molecule has 0 fully saturated rings. The number of anilines is 1. The quantitative estimate of drug-likeness (QED) is 0.576. The number of nitrogens with one attached hydrogen (secondary N) is 2. The van der Waals surface area contributed by atoms with Crippen LogP contribution in [0.1, 0.15) is 5.56 Å². The Hall–Kier alpha value is -2.22. The van der Waals surface area contributed by atoms with E-state index in [0.29, 0.717) is 0 Å². The molecular formula is C14H10N2. The molecule has 1 aliphatic rings. The van der Waals surface area contributed by atoms with Gasteiger partial charge in [0.2, 0.25) is 0 Å². The fraction of sp³-hybridized carbons (Fsp3) is 0. The molecule has 76 valence electrons. The lowest BCUT2D eigenvalue weighted by atomic mass is 10.1. The number of para-hydroxylation sites is 1. The van der Waals surface area contributed by atoms with Crippen molar-refractivity contribution < 1.29 is 0 Å². The first-order valence-corrected chi connectivity index (χ1v) is 5.39. The van der Waals surface area contributed by atoms with E-state index >= 15 is 0 Å². The standard InChI is InChI=1S/C14H10N2/c1-2-4-11-10(3-1)14-12-7-9(5-6-15-12)8-13(14)16-11/h1-8,15-16H. The van der Waals surface area contributed by atoms with Crippen LogP contribution in [0.2, 0.25) is 0 Å². The Balaban J connectivity index is 2.28.